The van der Waals surface area contributed by atoms with Crippen molar-refractivity contribution in [1.82, 2.24) is 4.98 Å². The molecular weight excluding hydrogens is 228 g/mol. The molecule has 0 unspecified atom stereocenters. The van der Waals surface area contributed by atoms with Crippen LogP contribution in [-0.4, -0.2) is 31.2 Å². The van der Waals surface area contributed by atoms with Crippen LogP contribution in [0.15, 0.2) is 18.3 Å². The van der Waals surface area contributed by atoms with Crippen molar-refractivity contribution in [3.8, 4) is 0 Å². The van der Waals surface area contributed by atoms with Gasteiger partial charge in [0, 0.05) is 19.3 Å². The number of rotatable bonds is 5. The third-order valence-electron chi connectivity index (χ3n) is 3.58. The Hall–Kier alpha value is -1.58. The summed E-state index contributed by atoms with van der Waals surface area (Å²) in [6.45, 7) is 4.06. The second kappa shape index (κ2) is 5.85. The molecule has 0 N–H and O–H groups in total. The maximum absolute atomic E-state index is 11.5. The van der Waals surface area contributed by atoms with Crippen molar-refractivity contribution in [2.24, 2.45) is 5.92 Å². The first-order valence-electron chi connectivity index (χ1n) is 6.54. The zero-order valence-electron chi connectivity index (χ0n) is 11.1. The van der Waals surface area contributed by atoms with Crippen molar-refractivity contribution in [1.29, 1.82) is 0 Å². The van der Waals surface area contributed by atoms with Crippen LogP contribution in [0.3, 0.4) is 0 Å². The number of pyridine rings is 1. The summed E-state index contributed by atoms with van der Waals surface area (Å²) < 4.78 is 4.73. The highest BCUT2D eigenvalue weighted by Crippen LogP contribution is 2.28. The monoisotopic (exact) mass is 248 g/mol. The normalized spacial score (nSPS) is 15.0. The molecule has 4 nitrogen and oxygen atoms in total. The van der Waals surface area contributed by atoms with E-state index in [0.717, 1.165) is 24.8 Å². The lowest BCUT2D eigenvalue weighted by molar-refractivity contribution is 0.0600. The minimum Gasteiger partial charge on any atom is -0.465 e. The van der Waals surface area contributed by atoms with E-state index in [2.05, 4.69) is 16.8 Å². The first-order valence-corrected chi connectivity index (χ1v) is 6.54. The van der Waals surface area contributed by atoms with E-state index in [-0.39, 0.29) is 5.97 Å². The van der Waals surface area contributed by atoms with Crippen LogP contribution in [0.5, 0.6) is 0 Å². The second-order valence-corrected chi connectivity index (χ2v) is 4.73. The predicted octanol–water partition coefficient (Wildman–Crippen LogP) is 2.49. The quantitative estimate of drug-likeness (QED) is 0.751. The van der Waals surface area contributed by atoms with Crippen molar-refractivity contribution in [3.63, 3.8) is 0 Å². The zero-order chi connectivity index (χ0) is 13.0. The van der Waals surface area contributed by atoms with Gasteiger partial charge in [0.05, 0.1) is 12.7 Å². The van der Waals surface area contributed by atoms with Crippen LogP contribution in [0.2, 0.25) is 0 Å². The summed E-state index contributed by atoms with van der Waals surface area (Å²) >= 11 is 0. The van der Waals surface area contributed by atoms with Gasteiger partial charge in [-0.15, -0.1) is 0 Å². The number of ether oxygens (including phenoxy) is 1. The molecule has 18 heavy (non-hydrogen) atoms. The molecule has 1 aromatic rings. The van der Waals surface area contributed by atoms with Gasteiger partial charge in [-0.2, -0.15) is 0 Å². The highest BCUT2D eigenvalue weighted by Gasteiger charge is 2.21. The molecule has 1 heterocycles. The minimum absolute atomic E-state index is 0.307. The Morgan fingerprint density at radius 1 is 1.56 bits per heavy atom. The van der Waals surface area contributed by atoms with E-state index in [4.69, 9.17) is 4.74 Å². The Morgan fingerprint density at radius 2 is 2.33 bits per heavy atom. The molecule has 0 saturated heterocycles. The van der Waals surface area contributed by atoms with E-state index in [0.29, 0.717) is 5.56 Å². The SMILES string of the molecule is CCN(CC1CCC1)c1cc(C(=O)OC)ccn1. The van der Waals surface area contributed by atoms with Crippen molar-refractivity contribution < 1.29 is 9.53 Å². The van der Waals surface area contributed by atoms with Crippen LogP contribution in [0.1, 0.15) is 36.5 Å². The van der Waals surface area contributed by atoms with Crippen LogP contribution in [0.4, 0.5) is 5.82 Å². The van der Waals surface area contributed by atoms with E-state index in [9.17, 15) is 4.79 Å². The zero-order valence-corrected chi connectivity index (χ0v) is 11.1. The molecule has 0 aliphatic heterocycles. The molecule has 0 radical (unpaired) electrons. The Balaban J connectivity index is 2.11. The summed E-state index contributed by atoms with van der Waals surface area (Å²) in [6, 6.07) is 3.50. The topological polar surface area (TPSA) is 42.4 Å². The van der Waals surface area contributed by atoms with Gasteiger partial charge in [-0.25, -0.2) is 9.78 Å². The number of anilines is 1. The molecule has 0 atom stereocenters. The highest BCUT2D eigenvalue weighted by molar-refractivity contribution is 5.90. The molecule has 1 aromatic heterocycles. The van der Waals surface area contributed by atoms with Gasteiger partial charge in [-0.05, 0) is 37.8 Å². The predicted molar refractivity (Wildman–Crippen MR) is 70.8 cm³/mol. The maximum Gasteiger partial charge on any atom is 0.338 e. The number of methoxy groups -OCH3 is 1. The lowest BCUT2D eigenvalue weighted by Crippen LogP contribution is -2.33. The Kier molecular flexibility index (Phi) is 4.18. The molecule has 1 aliphatic carbocycles. The smallest absolute Gasteiger partial charge is 0.338 e. The van der Waals surface area contributed by atoms with Gasteiger partial charge in [0.15, 0.2) is 0 Å². The third kappa shape index (κ3) is 2.81. The number of hydrogen-bond donors (Lipinski definition) is 0. The largest absolute Gasteiger partial charge is 0.465 e. The van der Waals surface area contributed by atoms with E-state index in [1.165, 1.54) is 26.4 Å². The van der Waals surface area contributed by atoms with Crippen molar-refractivity contribution in [3.05, 3.63) is 23.9 Å². The fourth-order valence-corrected chi connectivity index (χ4v) is 2.21. The second-order valence-electron chi connectivity index (χ2n) is 4.73. The Morgan fingerprint density at radius 3 is 2.89 bits per heavy atom. The lowest BCUT2D eigenvalue weighted by atomic mass is 9.85. The number of hydrogen-bond acceptors (Lipinski definition) is 4. The molecule has 1 saturated carbocycles. The molecule has 0 aromatic carbocycles. The molecule has 0 amide bonds. The van der Waals surface area contributed by atoms with Crippen LogP contribution >= 0.6 is 0 Å². The van der Waals surface area contributed by atoms with Crippen LogP contribution in [0.25, 0.3) is 0 Å². The number of nitrogens with zero attached hydrogens (tertiary/aromatic N) is 2. The van der Waals surface area contributed by atoms with Gasteiger partial charge in [-0.1, -0.05) is 6.42 Å². The molecule has 0 spiro atoms. The van der Waals surface area contributed by atoms with E-state index >= 15 is 0 Å². The third-order valence-corrected chi connectivity index (χ3v) is 3.58. The summed E-state index contributed by atoms with van der Waals surface area (Å²) in [6.07, 6.45) is 5.64. The van der Waals surface area contributed by atoms with Gasteiger partial charge >= 0.3 is 5.97 Å². The first kappa shape index (κ1) is 12.9. The van der Waals surface area contributed by atoms with Crippen molar-refractivity contribution in [2.75, 3.05) is 25.1 Å². The molecule has 1 fully saturated rings. The molecular formula is C14H20N2O2. The van der Waals surface area contributed by atoms with E-state index < -0.39 is 0 Å². The molecule has 1 aliphatic rings. The molecule has 0 bridgehead atoms. The fraction of sp³-hybridized carbons (Fsp3) is 0.571. The average Bonchev–Trinajstić information content (AvgIpc) is 2.37. The summed E-state index contributed by atoms with van der Waals surface area (Å²) in [5.41, 5.74) is 0.564. The van der Waals surface area contributed by atoms with Gasteiger partial charge in [-0.3, -0.25) is 0 Å². The van der Waals surface area contributed by atoms with Gasteiger partial charge < -0.3 is 9.64 Å². The number of aromatic nitrogens is 1. The number of esters is 1. The highest BCUT2D eigenvalue weighted by atomic mass is 16.5. The summed E-state index contributed by atoms with van der Waals surface area (Å²) in [4.78, 5) is 18.1. The standard InChI is InChI=1S/C14H20N2O2/c1-3-16(10-11-5-4-6-11)13-9-12(7-8-15-13)14(17)18-2/h7-9,11H,3-6,10H2,1-2H3. The van der Waals surface area contributed by atoms with Crippen LogP contribution < -0.4 is 4.90 Å². The van der Waals surface area contributed by atoms with Gasteiger partial charge in [0.2, 0.25) is 0 Å². The average molecular weight is 248 g/mol. The van der Waals surface area contributed by atoms with E-state index in [1.54, 1.807) is 12.3 Å². The summed E-state index contributed by atoms with van der Waals surface area (Å²) in [5, 5.41) is 0. The Bertz CT molecular complexity index is 416. The lowest BCUT2D eigenvalue weighted by Gasteiger charge is -2.32. The fourth-order valence-electron chi connectivity index (χ4n) is 2.21. The molecule has 2 rings (SSSR count). The first-order chi connectivity index (χ1) is 8.74. The molecule has 98 valence electrons. The summed E-state index contributed by atoms with van der Waals surface area (Å²) in [7, 11) is 1.40. The van der Waals surface area contributed by atoms with Crippen LogP contribution in [-0.2, 0) is 4.74 Å². The van der Waals surface area contributed by atoms with Crippen LogP contribution in [0, 0.1) is 5.92 Å². The number of carbonyl (C=O) groups is 1. The van der Waals surface area contributed by atoms with E-state index in [1.807, 2.05) is 6.07 Å². The maximum atomic E-state index is 11.5. The van der Waals surface area contributed by atoms with Gasteiger partial charge in [0.25, 0.3) is 0 Å². The minimum atomic E-state index is -0.307. The van der Waals surface area contributed by atoms with Gasteiger partial charge in [0.1, 0.15) is 5.82 Å². The van der Waals surface area contributed by atoms with Crippen molar-refractivity contribution in [2.45, 2.75) is 26.2 Å². The summed E-state index contributed by atoms with van der Waals surface area (Å²) in [5.74, 6) is 1.35. The number of carbonyl (C=O) groups excluding carboxylic acids is 1. The Labute approximate surface area is 108 Å². The molecule has 4 heteroatoms. The van der Waals surface area contributed by atoms with Crippen molar-refractivity contribution >= 4 is 11.8 Å².